The van der Waals surface area contributed by atoms with Gasteiger partial charge in [-0.3, -0.25) is 4.90 Å². The van der Waals surface area contributed by atoms with Gasteiger partial charge in [-0.15, -0.1) is 0 Å². The largest absolute Gasteiger partial charge is 0.317 e. The molecule has 17 heavy (non-hydrogen) atoms. The zero-order valence-electron chi connectivity index (χ0n) is 11.6. The molecule has 2 nitrogen and oxygen atoms in total. The highest BCUT2D eigenvalue weighted by atomic mass is 32.2. The molecule has 100 valence electrons. The quantitative estimate of drug-likeness (QED) is 0.814. The number of nitrogens with zero attached hydrogens (tertiary/aromatic N) is 1. The van der Waals surface area contributed by atoms with Crippen molar-refractivity contribution in [1.82, 2.24) is 10.2 Å². The van der Waals surface area contributed by atoms with Gasteiger partial charge in [0.1, 0.15) is 0 Å². The van der Waals surface area contributed by atoms with E-state index in [1.165, 1.54) is 45.1 Å². The Hall–Kier alpha value is 0.270. The molecule has 1 N–H and O–H groups in total. The topological polar surface area (TPSA) is 15.3 Å². The lowest BCUT2D eigenvalue weighted by atomic mass is 9.81. The van der Waals surface area contributed by atoms with Gasteiger partial charge in [0.25, 0.3) is 0 Å². The molecule has 3 atom stereocenters. The summed E-state index contributed by atoms with van der Waals surface area (Å²) >= 11 is 2.01. The third-order valence-electron chi connectivity index (χ3n) is 4.73. The normalized spacial score (nSPS) is 35.8. The van der Waals surface area contributed by atoms with Crippen LogP contribution < -0.4 is 5.32 Å². The van der Waals surface area contributed by atoms with Gasteiger partial charge in [0.2, 0.25) is 0 Å². The van der Waals surface area contributed by atoms with Gasteiger partial charge in [-0.25, -0.2) is 0 Å². The molecule has 2 fully saturated rings. The van der Waals surface area contributed by atoms with Crippen molar-refractivity contribution in [2.75, 3.05) is 19.8 Å². The molecule has 2 rings (SSSR count). The third-order valence-corrected chi connectivity index (χ3v) is 5.77. The van der Waals surface area contributed by atoms with Crippen molar-refractivity contribution in [3.8, 4) is 0 Å². The molecule has 2 saturated heterocycles. The van der Waals surface area contributed by atoms with E-state index in [2.05, 4.69) is 30.4 Å². The predicted molar refractivity (Wildman–Crippen MR) is 77.8 cm³/mol. The van der Waals surface area contributed by atoms with Crippen LogP contribution in [0.1, 0.15) is 45.4 Å². The van der Waals surface area contributed by atoms with Crippen LogP contribution in [0.2, 0.25) is 0 Å². The van der Waals surface area contributed by atoms with Gasteiger partial charge in [0.05, 0.1) is 0 Å². The lowest BCUT2D eigenvalue weighted by molar-refractivity contribution is 0.0254. The molecule has 0 saturated carbocycles. The first-order valence-corrected chi connectivity index (χ1v) is 8.49. The summed E-state index contributed by atoms with van der Waals surface area (Å²) < 4.78 is 0. The summed E-state index contributed by atoms with van der Waals surface area (Å²) in [4.78, 5) is 2.84. The van der Waals surface area contributed by atoms with Crippen LogP contribution in [0, 0.1) is 0 Å². The smallest absolute Gasteiger partial charge is 0.0113 e. The molecule has 0 aromatic heterocycles. The van der Waals surface area contributed by atoms with Crippen molar-refractivity contribution in [2.24, 2.45) is 0 Å². The maximum absolute atomic E-state index is 3.50. The Morgan fingerprint density at radius 3 is 2.47 bits per heavy atom. The number of hydrogen-bond donors (Lipinski definition) is 1. The molecule has 0 spiro atoms. The first-order valence-electron chi connectivity index (χ1n) is 7.20. The van der Waals surface area contributed by atoms with E-state index < -0.39 is 0 Å². The van der Waals surface area contributed by atoms with Crippen LogP contribution in [0.4, 0.5) is 0 Å². The first kappa shape index (κ1) is 13.7. The van der Waals surface area contributed by atoms with Crippen molar-refractivity contribution in [3.63, 3.8) is 0 Å². The average molecular weight is 256 g/mol. The van der Waals surface area contributed by atoms with E-state index in [1.807, 2.05) is 11.8 Å². The second-order valence-electron chi connectivity index (χ2n) is 5.77. The maximum atomic E-state index is 3.50. The number of nitrogens with one attached hydrogen (secondary N) is 1. The van der Waals surface area contributed by atoms with Crippen LogP contribution in [0.3, 0.4) is 0 Å². The standard InChI is InChI=1S/C14H28N2S/c1-11(17-3)7-8-16-13-5-4-6-14(16)10-12(9-13)15-2/h11-15H,4-10H2,1-3H3. The number of thioether (sulfide) groups is 1. The molecule has 2 aliphatic heterocycles. The summed E-state index contributed by atoms with van der Waals surface area (Å²) in [6.07, 6.45) is 10.7. The summed E-state index contributed by atoms with van der Waals surface area (Å²) in [7, 11) is 2.13. The number of piperidine rings is 2. The summed E-state index contributed by atoms with van der Waals surface area (Å²) in [5.41, 5.74) is 0. The van der Waals surface area contributed by atoms with Gasteiger partial charge >= 0.3 is 0 Å². The predicted octanol–water partition coefficient (Wildman–Crippen LogP) is 2.73. The fourth-order valence-corrected chi connectivity index (χ4v) is 3.87. The Labute approximate surface area is 111 Å². The average Bonchev–Trinajstić information content (AvgIpc) is 2.34. The Kier molecular flexibility index (Phi) is 5.19. The zero-order valence-corrected chi connectivity index (χ0v) is 12.4. The molecular formula is C14H28N2S. The maximum Gasteiger partial charge on any atom is 0.0113 e. The Morgan fingerprint density at radius 1 is 1.29 bits per heavy atom. The van der Waals surface area contributed by atoms with E-state index in [9.17, 15) is 0 Å². The third kappa shape index (κ3) is 3.39. The fourth-order valence-electron chi connectivity index (χ4n) is 3.53. The van der Waals surface area contributed by atoms with E-state index in [4.69, 9.17) is 0 Å². The van der Waals surface area contributed by atoms with Crippen molar-refractivity contribution in [2.45, 2.75) is 68.8 Å². The Morgan fingerprint density at radius 2 is 1.94 bits per heavy atom. The van der Waals surface area contributed by atoms with Crippen LogP contribution in [-0.2, 0) is 0 Å². The van der Waals surface area contributed by atoms with Crippen molar-refractivity contribution < 1.29 is 0 Å². The SMILES string of the molecule is CNC1CC2CCCC(C1)N2CCC(C)SC. The molecule has 0 radical (unpaired) electrons. The summed E-state index contributed by atoms with van der Waals surface area (Å²) in [5.74, 6) is 0. The van der Waals surface area contributed by atoms with E-state index in [0.717, 1.165) is 23.4 Å². The van der Waals surface area contributed by atoms with Crippen LogP contribution in [-0.4, -0.2) is 48.1 Å². The van der Waals surface area contributed by atoms with Gasteiger partial charge in [0, 0.05) is 23.4 Å². The number of fused-ring (bicyclic) bond motifs is 2. The van der Waals surface area contributed by atoms with E-state index in [0.29, 0.717) is 0 Å². The van der Waals surface area contributed by atoms with Gasteiger partial charge in [-0.2, -0.15) is 11.8 Å². The van der Waals surface area contributed by atoms with E-state index in [-0.39, 0.29) is 0 Å². The Bertz CT molecular complexity index is 220. The molecule has 0 aliphatic carbocycles. The van der Waals surface area contributed by atoms with Gasteiger partial charge in [-0.1, -0.05) is 13.3 Å². The highest BCUT2D eigenvalue weighted by molar-refractivity contribution is 7.99. The number of hydrogen-bond acceptors (Lipinski definition) is 3. The monoisotopic (exact) mass is 256 g/mol. The fraction of sp³-hybridized carbons (Fsp3) is 1.00. The van der Waals surface area contributed by atoms with Gasteiger partial charge in [-0.05, 0) is 52.0 Å². The van der Waals surface area contributed by atoms with Gasteiger partial charge in [0.15, 0.2) is 0 Å². The molecular weight excluding hydrogens is 228 g/mol. The first-order chi connectivity index (χ1) is 8.24. The molecule has 0 aromatic rings. The Balaban J connectivity index is 1.89. The minimum absolute atomic E-state index is 0.777. The van der Waals surface area contributed by atoms with Crippen molar-refractivity contribution in [1.29, 1.82) is 0 Å². The minimum Gasteiger partial charge on any atom is -0.317 e. The van der Waals surface area contributed by atoms with Crippen LogP contribution in [0.5, 0.6) is 0 Å². The van der Waals surface area contributed by atoms with Crippen LogP contribution in [0.15, 0.2) is 0 Å². The summed E-state index contributed by atoms with van der Waals surface area (Å²) in [6, 6.07) is 2.52. The lowest BCUT2D eigenvalue weighted by Crippen LogP contribution is -2.56. The molecule has 3 heteroatoms. The van der Waals surface area contributed by atoms with E-state index >= 15 is 0 Å². The van der Waals surface area contributed by atoms with Crippen molar-refractivity contribution in [3.05, 3.63) is 0 Å². The highest BCUT2D eigenvalue weighted by Crippen LogP contribution is 2.34. The summed E-state index contributed by atoms with van der Waals surface area (Å²) in [6.45, 7) is 3.69. The molecule has 0 amide bonds. The lowest BCUT2D eigenvalue weighted by Gasteiger charge is -2.49. The van der Waals surface area contributed by atoms with Gasteiger partial charge < -0.3 is 5.32 Å². The molecule has 0 aromatic carbocycles. The second kappa shape index (κ2) is 6.44. The van der Waals surface area contributed by atoms with Crippen LogP contribution in [0.25, 0.3) is 0 Å². The highest BCUT2D eigenvalue weighted by Gasteiger charge is 2.37. The number of rotatable bonds is 5. The van der Waals surface area contributed by atoms with Crippen LogP contribution >= 0.6 is 11.8 Å². The molecule has 3 unspecified atom stereocenters. The van der Waals surface area contributed by atoms with Crippen molar-refractivity contribution >= 4 is 11.8 Å². The molecule has 2 bridgehead atoms. The summed E-state index contributed by atoms with van der Waals surface area (Å²) in [5, 5.41) is 4.32. The van der Waals surface area contributed by atoms with E-state index in [1.54, 1.807) is 0 Å². The second-order valence-corrected chi connectivity index (χ2v) is 7.04. The zero-order chi connectivity index (χ0) is 12.3. The minimum atomic E-state index is 0.777. The molecule has 2 aliphatic rings. The molecule has 2 heterocycles.